The highest BCUT2D eigenvalue weighted by Crippen LogP contribution is 2.21. The molecule has 6 nitrogen and oxygen atoms in total. The summed E-state index contributed by atoms with van der Waals surface area (Å²) in [7, 11) is 1.59. The highest BCUT2D eigenvalue weighted by Gasteiger charge is 2.09. The minimum atomic E-state index is 0.547. The van der Waals surface area contributed by atoms with Gasteiger partial charge in [-0.2, -0.15) is 4.98 Å². The molecule has 0 bridgehead atoms. The molecule has 1 N–H and O–H groups in total. The van der Waals surface area contributed by atoms with Gasteiger partial charge in [-0.25, -0.2) is 4.98 Å². The molecule has 1 saturated heterocycles. The Labute approximate surface area is 121 Å². The molecule has 19 heavy (non-hydrogen) atoms. The summed E-state index contributed by atoms with van der Waals surface area (Å²) in [5, 5.41) is 3.21. The minimum Gasteiger partial charge on any atom is -0.480 e. The van der Waals surface area contributed by atoms with Gasteiger partial charge in [0.25, 0.3) is 0 Å². The molecule has 0 unspecified atom stereocenters. The number of nitrogens with zero attached hydrogens (tertiary/aromatic N) is 3. The molecule has 0 saturated carbocycles. The molecule has 1 aliphatic rings. The van der Waals surface area contributed by atoms with E-state index in [0.717, 1.165) is 50.3 Å². The van der Waals surface area contributed by atoms with Crippen molar-refractivity contribution in [1.82, 2.24) is 14.9 Å². The normalized spacial score (nSPS) is 16.3. The predicted octanol–water partition coefficient (Wildman–Crippen LogP) is 1.38. The van der Waals surface area contributed by atoms with Crippen molar-refractivity contribution in [2.45, 2.75) is 6.42 Å². The van der Waals surface area contributed by atoms with Gasteiger partial charge in [-0.1, -0.05) is 0 Å². The molecule has 0 aliphatic carbocycles. The zero-order valence-corrected chi connectivity index (χ0v) is 12.6. The topological polar surface area (TPSA) is 59.5 Å². The summed E-state index contributed by atoms with van der Waals surface area (Å²) >= 11 is 3.33. The molecular weight excluding hydrogens is 312 g/mol. The number of hydrogen-bond donors (Lipinski definition) is 1. The van der Waals surface area contributed by atoms with Gasteiger partial charge < -0.3 is 14.8 Å². The van der Waals surface area contributed by atoms with Gasteiger partial charge in [0.15, 0.2) is 0 Å². The Morgan fingerprint density at radius 3 is 3.00 bits per heavy atom. The van der Waals surface area contributed by atoms with Crippen molar-refractivity contribution in [3.63, 3.8) is 0 Å². The van der Waals surface area contributed by atoms with Crippen LogP contribution in [-0.2, 0) is 4.74 Å². The van der Waals surface area contributed by atoms with Crippen LogP contribution < -0.4 is 10.1 Å². The third kappa shape index (κ3) is 4.59. The van der Waals surface area contributed by atoms with Crippen molar-refractivity contribution in [2.24, 2.45) is 0 Å². The Morgan fingerprint density at radius 2 is 2.26 bits per heavy atom. The highest BCUT2D eigenvalue weighted by atomic mass is 79.9. The van der Waals surface area contributed by atoms with E-state index in [1.54, 1.807) is 13.3 Å². The van der Waals surface area contributed by atoms with E-state index in [1.807, 2.05) is 0 Å². The Kier molecular flexibility index (Phi) is 5.81. The molecule has 106 valence electrons. The van der Waals surface area contributed by atoms with Crippen molar-refractivity contribution in [1.29, 1.82) is 0 Å². The zero-order chi connectivity index (χ0) is 13.5. The minimum absolute atomic E-state index is 0.547. The molecule has 1 aromatic heterocycles. The second-order valence-electron chi connectivity index (χ2n) is 4.29. The molecule has 7 heteroatoms. The Bertz CT molecular complexity index is 399. The van der Waals surface area contributed by atoms with Crippen LogP contribution in [0.25, 0.3) is 0 Å². The van der Waals surface area contributed by atoms with E-state index in [0.29, 0.717) is 11.8 Å². The van der Waals surface area contributed by atoms with Gasteiger partial charge in [-0.15, -0.1) is 0 Å². The maximum absolute atomic E-state index is 5.32. The van der Waals surface area contributed by atoms with E-state index in [2.05, 4.69) is 36.1 Å². The molecule has 2 rings (SSSR count). The lowest BCUT2D eigenvalue weighted by molar-refractivity contribution is 0.0378. The van der Waals surface area contributed by atoms with Gasteiger partial charge in [-0.3, -0.25) is 4.90 Å². The van der Waals surface area contributed by atoms with E-state index in [1.165, 1.54) is 0 Å². The number of halogens is 1. The van der Waals surface area contributed by atoms with Crippen LogP contribution in [0.4, 0.5) is 5.95 Å². The van der Waals surface area contributed by atoms with Crippen LogP contribution in [0.1, 0.15) is 6.42 Å². The van der Waals surface area contributed by atoms with Gasteiger partial charge in [0, 0.05) is 19.6 Å². The number of anilines is 1. The number of nitrogens with one attached hydrogen (secondary N) is 1. The Balaban J connectivity index is 1.70. The van der Waals surface area contributed by atoms with E-state index in [4.69, 9.17) is 9.47 Å². The first-order valence-corrected chi connectivity index (χ1v) is 7.19. The fraction of sp³-hybridized carbons (Fsp3) is 0.667. The van der Waals surface area contributed by atoms with Gasteiger partial charge in [0.1, 0.15) is 0 Å². The average Bonchev–Trinajstić information content (AvgIpc) is 2.46. The summed E-state index contributed by atoms with van der Waals surface area (Å²) < 4.78 is 11.2. The summed E-state index contributed by atoms with van der Waals surface area (Å²) in [6.07, 6.45) is 2.75. The quantitative estimate of drug-likeness (QED) is 0.795. The van der Waals surface area contributed by atoms with Gasteiger partial charge >= 0.3 is 0 Å². The van der Waals surface area contributed by atoms with Crippen LogP contribution in [0.2, 0.25) is 0 Å². The standard InChI is InChI=1S/C12H19BrN4O2/c1-18-11-10(13)9-15-12(16-11)14-3-2-4-17-5-7-19-8-6-17/h9H,2-8H2,1H3,(H,14,15,16). The molecule has 0 aromatic carbocycles. The van der Waals surface area contributed by atoms with Crippen LogP contribution in [0, 0.1) is 0 Å². The van der Waals surface area contributed by atoms with Gasteiger partial charge in [0.2, 0.25) is 11.8 Å². The summed E-state index contributed by atoms with van der Waals surface area (Å²) in [6.45, 7) is 5.68. The fourth-order valence-corrected chi connectivity index (χ4v) is 2.26. The molecule has 0 radical (unpaired) electrons. The lowest BCUT2D eigenvalue weighted by Gasteiger charge is -2.26. The smallest absolute Gasteiger partial charge is 0.232 e. The molecule has 0 atom stereocenters. The van der Waals surface area contributed by atoms with E-state index in [9.17, 15) is 0 Å². The third-order valence-electron chi connectivity index (χ3n) is 2.94. The van der Waals surface area contributed by atoms with Crippen LogP contribution in [-0.4, -0.2) is 61.4 Å². The second kappa shape index (κ2) is 7.62. The molecule has 1 fully saturated rings. The number of ether oxygens (including phenoxy) is 2. The summed E-state index contributed by atoms with van der Waals surface area (Å²) in [5.74, 6) is 1.15. The molecular formula is C12H19BrN4O2. The summed E-state index contributed by atoms with van der Waals surface area (Å²) in [6, 6.07) is 0. The van der Waals surface area contributed by atoms with E-state index < -0.39 is 0 Å². The first kappa shape index (κ1) is 14.5. The largest absolute Gasteiger partial charge is 0.480 e. The maximum Gasteiger partial charge on any atom is 0.232 e. The fourth-order valence-electron chi connectivity index (χ4n) is 1.91. The van der Waals surface area contributed by atoms with Crippen LogP contribution in [0.15, 0.2) is 10.7 Å². The van der Waals surface area contributed by atoms with Gasteiger partial charge in [0.05, 0.1) is 31.0 Å². The number of rotatable bonds is 6. The second-order valence-corrected chi connectivity index (χ2v) is 5.14. The van der Waals surface area contributed by atoms with E-state index in [-0.39, 0.29) is 0 Å². The number of aromatic nitrogens is 2. The molecule has 1 aromatic rings. The van der Waals surface area contributed by atoms with E-state index >= 15 is 0 Å². The van der Waals surface area contributed by atoms with Crippen molar-refractivity contribution < 1.29 is 9.47 Å². The van der Waals surface area contributed by atoms with Crippen LogP contribution in [0.5, 0.6) is 5.88 Å². The number of morpholine rings is 1. The Morgan fingerprint density at radius 1 is 1.47 bits per heavy atom. The molecule has 0 spiro atoms. The van der Waals surface area contributed by atoms with Crippen molar-refractivity contribution in [3.8, 4) is 5.88 Å². The van der Waals surface area contributed by atoms with Gasteiger partial charge in [-0.05, 0) is 28.9 Å². The molecule has 2 heterocycles. The summed E-state index contributed by atoms with van der Waals surface area (Å²) in [4.78, 5) is 10.8. The van der Waals surface area contributed by atoms with Crippen molar-refractivity contribution in [2.75, 3.05) is 51.8 Å². The van der Waals surface area contributed by atoms with Crippen LogP contribution in [0.3, 0.4) is 0 Å². The Hall–Kier alpha value is -0.920. The lowest BCUT2D eigenvalue weighted by Crippen LogP contribution is -2.37. The van der Waals surface area contributed by atoms with Crippen molar-refractivity contribution in [3.05, 3.63) is 10.7 Å². The molecule has 1 aliphatic heterocycles. The average molecular weight is 331 g/mol. The predicted molar refractivity (Wildman–Crippen MR) is 76.6 cm³/mol. The first-order chi connectivity index (χ1) is 9.29. The highest BCUT2D eigenvalue weighted by molar-refractivity contribution is 9.10. The molecule has 0 amide bonds. The monoisotopic (exact) mass is 330 g/mol. The maximum atomic E-state index is 5.32. The van der Waals surface area contributed by atoms with Crippen molar-refractivity contribution >= 4 is 21.9 Å². The number of hydrogen-bond acceptors (Lipinski definition) is 6. The summed E-state index contributed by atoms with van der Waals surface area (Å²) in [5.41, 5.74) is 0. The third-order valence-corrected chi connectivity index (χ3v) is 3.49. The SMILES string of the molecule is COc1nc(NCCCN2CCOCC2)ncc1Br. The van der Waals surface area contributed by atoms with Crippen LogP contribution >= 0.6 is 15.9 Å². The lowest BCUT2D eigenvalue weighted by atomic mass is 10.3. The zero-order valence-electron chi connectivity index (χ0n) is 11.1. The number of methoxy groups -OCH3 is 1. The first-order valence-electron chi connectivity index (χ1n) is 6.40.